The first-order chi connectivity index (χ1) is 22.7. The van der Waals surface area contributed by atoms with E-state index >= 15 is 0 Å². The molecule has 2 saturated carbocycles. The van der Waals surface area contributed by atoms with Crippen LogP contribution in [0.1, 0.15) is 45.4 Å². The molecule has 2 aromatic carbocycles. The van der Waals surface area contributed by atoms with Crippen LogP contribution in [0.15, 0.2) is 73.8 Å². The van der Waals surface area contributed by atoms with Crippen molar-refractivity contribution in [2.75, 3.05) is 27.3 Å². The van der Waals surface area contributed by atoms with E-state index in [2.05, 4.69) is 18.5 Å². The van der Waals surface area contributed by atoms with Crippen LogP contribution < -0.4 is 14.8 Å². The zero-order valence-corrected chi connectivity index (χ0v) is 27.4. The largest absolute Gasteiger partial charge is 0.497 e. The quantitative estimate of drug-likeness (QED) is 0.131. The van der Waals surface area contributed by atoms with Gasteiger partial charge in [-0.1, -0.05) is 42.5 Å². The van der Waals surface area contributed by atoms with Gasteiger partial charge in [-0.3, -0.25) is 9.59 Å². The van der Waals surface area contributed by atoms with Gasteiger partial charge in [0.25, 0.3) is 0 Å². The molecule has 1 aromatic heterocycles. The Balaban J connectivity index is 1.44. The highest BCUT2D eigenvalue weighted by atomic mass is 16.5. The second kappa shape index (κ2) is 14.8. The summed E-state index contributed by atoms with van der Waals surface area (Å²) in [5, 5.41) is 3.66. The molecule has 0 radical (unpaired) electrons. The molecule has 248 valence electrons. The van der Waals surface area contributed by atoms with Gasteiger partial charge in [-0.2, -0.15) is 4.98 Å². The number of fused-ring (bicyclic) bond motifs is 1. The monoisotopic (exact) mass is 640 g/mol. The number of unbranched alkanes of at least 4 members (excludes halogenated alkanes) is 2. The Hall–Kier alpha value is -4.73. The van der Waals surface area contributed by atoms with Gasteiger partial charge in [0, 0.05) is 31.1 Å². The van der Waals surface area contributed by atoms with Crippen LogP contribution in [0.3, 0.4) is 0 Å². The molecule has 10 heteroatoms. The first kappa shape index (κ1) is 33.6. The molecule has 2 amide bonds. The molecule has 1 N–H and O–H groups in total. The lowest BCUT2D eigenvalue weighted by molar-refractivity contribution is -0.150. The number of rotatable bonds is 15. The third-order valence-electron chi connectivity index (χ3n) is 9.17. The van der Waals surface area contributed by atoms with Crippen molar-refractivity contribution in [1.82, 2.24) is 20.2 Å². The lowest BCUT2D eigenvalue weighted by Crippen LogP contribution is -2.50. The number of aromatic nitrogens is 2. The third-order valence-corrected chi connectivity index (χ3v) is 9.17. The highest BCUT2D eigenvalue weighted by Gasteiger charge is 2.62. The fraction of sp³-hybridized carbons (Fsp3) is 0.432. The maximum absolute atomic E-state index is 14.0. The summed E-state index contributed by atoms with van der Waals surface area (Å²) in [5.41, 5.74) is 0.306. The molecular weight excluding hydrogens is 596 g/mol. The number of carbonyl (C=O) groups is 3. The fourth-order valence-electron chi connectivity index (χ4n) is 6.43. The van der Waals surface area contributed by atoms with Crippen LogP contribution in [0, 0.1) is 17.8 Å². The molecule has 0 saturated heterocycles. The number of nitrogens with zero attached hydrogens (tertiary/aromatic N) is 3. The Bertz CT molecular complexity index is 1630. The van der Waals surface area contributed by atoms with E-state index in [1.54, 1.807) is 32.1 Å². The van der Waals surface area contributed by atoms with E-state index in [0.717, 1.165) is 24.8 Å². The summed E-state index contributed by atoms with van der Waals surface area (Å²) in [6.45, 7) is 10.1. The summed E-state index contributed by atoms with van der Waals surface area (Å²) in [5.74, 6) is -1.08. The second-order valence-electron chi connectivity index (χ2n) is 12.3. The molecule has 2 fully saturated rings. The molecule has 47 heavy (non-hydrogen) atoms. The van der Waals surface area contributed by atoms with Gasteiger partial charge in [0.1, 0.15) is 17.4 Å². The molecule has 0 aliphatic heterocycles. The number of ether oxygens (including phenoxy) is 3. The van der Waals surface area contributed by atoms with E-state index < -0.39 is 29.4 Å². The molecule has 3 aromatic rings. The Morgan fingerprint density at radius 2 is 1.83 bits per heavy atom. The molecule has 2 aliphatic carbocycles. The van der Waals surface area contributed by atoms with Crippen LogP contribution in [0.2, 0.25) is 0 Å². The Morgan fingerprint density at radius 3 is 2.51 bits per heavy atom. The SMILES string of the molecule is C=CCCCCN(C)C(=O)[C@@H]1C[C@H](Oc2nc(-c3ccccc3)nc3cc(OC)ccc23)C[C@H]1C(=O)NC1(C(=O)OCC)CC1C=C. The minimum absolute atomic E-state index is 0.127. The molecule has 5 atom stereocenters. The third kappa shape index (κ3) is 7.32. The van der Waals surface area contributed by atoms with E-state index in [0.29, 0.717) is 47.7 Å². The summed E-state index contributed by atoms with van der Waals surface area (Å²) in [6.07, 6.45) is 6.64. The van der Waals surface area contributed by atoms with E-state index in [4.69, 9.17) is 24.2 Å². The van der Waals surface area contributed by atoms with Crippen LogP contribution >= 0.6 is 0 Å². The standard InChI is InChI=1S/C37H44N4O6/c1-6-9-10-14-19-41(4)35(43)30-21-27(20-29(30)33(42)40-37(23-25(37)7-2)36(44)46-8-3)47-34-28-18-17-26(45-5)22-31(28)38-32(39-34)24-15-12-11-13-16-24/h6-7,11-13,15-18,22,25,27,29-30H,1-2,8-10,14,19-21,23H2,3-5H3,(H,40,42)/t25?,27-,29-,30-,37?/m1/s1. The minimum atomic E-state index is -1.16. The van der Waals surface area contributed by atoms with Gasteiger partial charge in [0.2, 0.25) is 17.7 Å². The topological polar surface area (TPSA) is 120 Å². The van der Waals surface area contributed by atoms with Gasteiger partial charge >= 0.3 is 5.97 Å². The van der Waals surface area contributed by atoms with Crippen LogP contribution in [-0.4, -0.2) is 71.6 Å². The number of benzene rings is 2. The normalized spacial score (nSPS) is 23.0. The van der Waals surface area contributed by atoms with Crippen molar-refractivity contribution in [3.63, 3.8) is 0 Å². The van der Waals surface area contributed by atoms with Gasteiger partial charge in [0.05, 0.1) is 36.5 Å². The molecule has 0 spiro atoms. The van der Waals surface area contributed by atoms with Gasteiger partial charge in [-0.05, 0) is 57.6 Å². The zero-order chi connectivity index (χ0) is 33.6. The van der Waals surface area contributed by atoms with Crippen molar-refractivity contribution in [2.45, 2.75) is 57.1 Å². The molecule has 2 unspecified atom stereocenters. The van der Waals surface area contributed by atoms with Gasteiger partial charge in [-0.25, -0.2) is 9.78 Å². The highest BCUT2D eigenvalue weighted by Crippen LogP contribution is 2.47. The molecule has 10 nitrogen and oxygen atoms in total. The summed E-state index contributed by atoms with van der Waals surface area (Å²) in [6, 6.07) is 15.1. The Labute approximate surface area is 276 Å². The van der Waals surface area contributed by atoms with Gasteiger partial charge in [0.15, 0.2) is 5.82 Å². The van der Waals surface area contributed by atoms with Crippen LogP contribution in [0.5, 0.6) is 11.6 Å². The Kier molecular flexibility index (Phi) is 10.6. The molecular formula is C37H44N4O6. The van der Waals surface area contributed by atoms with E-state index in [-0.39, 0.29) is 30.8 Å². The van der Waals surface area contributed by atoms with Crippen LogP contribution in [0.25, 0.3) is 22.3 Å². The number of esters is 1. The number of nitrogens with one attached hydrogen (secondary N) is 1. The number of amides is 2. The smallest absolute Gasteiger partial charge is 0.332 e. The summed E-state index contributed by atoms with van der Waals surface area (Å²) >= 11 is 0. The molecule has 5 rings (SSSR count). The lowest BCUT2D eigenvalue weighted by Gasteiger charge is -2.26. The number of allylic oxidation sites excluding steroid dienone is 1. The zero-order valence-electron chi connectivity index (χ0n) is 27.4. The predicted octanol–water partition coefficient (Wildman–Crippen LogP) is 5.52. The maximum atomic E-state index is 14.0. The maximum Gasteiger partial charge on any atom is 0.332 e. The van der Waals surface area contributed by atoms with E-state index in [1.165, 1.54) is 0 Å². The number of hydrogen-bond acceptors (Lipinski definition) is 8. The molecule has 2 aliphatic rings. The van der Waals surface area contributed by atoms with Crippen molar-refractivity contribution < 1.29 is 28.6 Å². The predicted molar refractivity (Wildman–Crippen MR) is 180 cm³/mol. The van der Waals surface area contributed by atoms with Crippen molar-refractivity contribution in [2.24, 2.45) is 17.8 Å². The fourth-order valence-corrected chi connectivity index (χ4v) is 6.43. The van der Waals surface area contributed by atoms with Crippen molar-refractivity contribution in [3.8, 4) is 23.0 Å². The van der Waals surface area contributed by atoms with Crippen LogP contribution in [0.4, 0.5) is 0 Å². The highest BCUT2D eigenvalue weighted by molar-refractivity contribution is 5.95. The summed E-state index contributed by atoms with van der Waals surface area (Å²) < 4.78 is 17.4. The first-order valence-electron chi connectivity index (χ1n) is 16.3. The van der Waals surface area contributed by atoms with Crippen LogP contribution in [-0.2, 0) is 19.1 Å². The first-order valence-corrected chi connectivity index (χ1v) is 16.3. The summed E-state index contributed by atoms with van der Waals surface area (Å²) in [7, 11) is 3.37. The number of carbonyl (C=O) groups excluding carboxylic acids is 3. The average molecular weight is 641 g/mol. The van der Waals surface area contributed by atoms with Crippen molar-refractivity contribution in [3.05, 3.63) is 73.8 Å². The molecule has 1 heterocycles. The van der Waals surface area contributed by atoms with Gasteiger partial charge < -0.3 is 24.4 Å². The van der Waals surface area contributed by atoms with E-state index in [1.807, 2.05) is 54.6 Å². The average Bonchev–Trinajstić information content (AvgIpc) is 3.65. The number of methoxy groups -OCH3 is 1. The lowest BCUT2D eigenvalue weighted by atomic mass is 9.93. The van der Waals surface area contributed by atoms with Gasteiger partial charge in [-0.15, -0.1) is 13.2 Å². The number of hydrogen-bond donors (Lipinski definition) is 1. The molecule has 0 bridgehead atoms. The van der Waals surface area contributed by atoms with Crippen molar-refractivity contribution in [1.29, 1.82) is 0 Å². The van der Waals surface area contributed by atoms with E-state index in [9.17, 15) is 14.4 Å². The van der Waals surface area contributed by atoms with Crippen molar-refractivity contribution >= 4 is 28.7 Å². The summed E-state index contributed by atoms with van der Waals surface area (Å²) in [4.78, 5) is 52.1. The second-order valence-corrected chi connectivity index (χ2v) is 12.3. The minimum Gasteiger partial charge on any atom is -0.497 e. The Morgan fingerprint density at radius 1 is 1.06 bits per heavy atom.